The number of benzene rings is 2. The van der Waals surface area contributed by atoms with Crippen LogP contribution in [0.15, 0.2) is 40.9 Å². The highest BCUT2D eigenvalue weighted by molar-refractivity contribution is 5.96. The van der Waals surface area contributed by atoms with Gasteiger partial charge in [0.15, 0.2) is 17.3 Å². The van der Waals surface area contributed by atoms with E-state index < -0.39 is 0 Å². The first-order chi connectivity index (χ1) is 15.1. The monoisotopic (exact) mass is 425 g/mol. The normalized spacial score (nSPS) is 15.8. The molecule has 1 atom stereocenters. The van der Waals surface area contributed by atoms with Gasteiger partial charge >= 0.3 is 0 Å². The molecule has 1 aromatic heterocycles. The van der Waals surface area contributed by atoms with E-state index in [1.807, 2.05) is 24.3 Å². The molecule has 1 fully saturated rings. The van der Waals surface area contributed by atoms with E-state index in [-0.39, 0.29) is 11.8 Å². The summed E-state index contributed by atoms with van der Waals surface area (Å²) in [5.74, 6) is 2.81. The quantitative estimate of drug-likeness (QED) is 0.569. The fourth-order valence-electron chi connectivity index (χ4n) is 3.61. The smallest absolute Gasteiger partial charge is 0.258 e. The van der Waals surface area contributed by atoms with Gasteiger partial charge in [0.25, 0.3) is 5.89 Å². The van der Waals surface area contributed by atoms with Gasteiger partial charge in [-0.25, -0.2) is 0 Å². The summed E-state index contributed by atoms with van der Waals surface area (Å²) < 4.78 is 26.8. The molecular weight excluding hydrogens is 402 g/mol. The standard InChI is InChI=1S/C22H23N3O6/c1-27-16-7-5-15(6-8-16)25-12-14(11-19(25)26)21-23-22(31-24-21)13-9-17(28-2)20(30-4)18(10-13)29-3/h5-10,14H,11-12H2,1-4H3/t14-/m1/s1. The predicted octanol–water partition coefficient (Wildman–Crippen LogP) is 3.29. The van der Waals surface area contributed by atoms with Gasteiger partial charge in [-0.3, -0.25) is 4.79 Å². The maximum Gasteiger partial charge on any atom is 0.258 e. The molecule has 162 valence electrons. The summed E-state index contributed by atoms with van der Waals surface area (Å²) in [6.45, 7) is 0.472. The molecule has 9 heteroatoms. The molecule has 0 radical (unpaired) electrons. The Morgan fingerprint density at radius 2 is 1.65 bits per heavy atom. The molecule has 0 saturated carbocycles. The Hall–Kier alpha value is -3.75. The number of rotatable bonds is 7. The first-order valence-corrected chi connectivity index (χ1v) is 9.66. The Bertz CT molecular complexity index is 1050. The molecule has 0 N–H and O–H groups in total. The third-order valence-electron chi connectivity index (χ3n) is 5.23. The molecule has 1 aliphatic heterocycles. The van der Waals surface area contributed by atoms with Crippen LogP contribution in [0.4, 0.5) is 5.69 Å². The van der Waals surface area contributed by atoms with Crippen LogP contribution >= 0.6 is 0 Å². The van der Waals surface area contributed by atoms with Gasteiger partial charge in [-0.15, -0.1) is 0 Å². The number of carbonyl (C=O) groups excluding carboxylic acids is 1. The van der Waals surface area contributed by atoms with Crippen molar-refractivity contribution in [1.29, 1.82) is 0 Å². The first-order valence-electron chi connectivity index (χ1n) is 9.66. The third-order valence-corrected chi connectivity index (χ3v) is 5.23. The molecule has 0 bridgehead atoms. The van der Waals surface area contributed by atoms with Crippen molar-refractivity contribution < 1.29 is 28.3 Å². The molecular formula is C22H23N3O6. The summed E-state index contributed by atoms with van der Waals surface area (Å²) in [6, 6.07) is 10.8. The van der Waals surface area contributed by atoms with Crippen LogP contribution in [0.1, 0.15) is 18.2 Å². The largest absolute Gasteiger partial charge is 0.497 e. The van der Waals surface area contributed by atoms with Crippen molar-refractivity contribution in [3.8, 4) is 34.5 Å². The van der Waals surface area contributed by atoms with Crippen molar-refractivity contribution in [3.05, 3.63) is 42.2 Å². The first kappa shape index (κ1) is 20.5. The van der Waals surface area contributed by atoms with Crippen LogP contribution in [-0.4, -0.2) is 51.0 Å². The summed E-state index contributed by atoms with van der Waals surface area (Å²) in [4.78, 5) is 18.8. The number of anilines is 1. The maximum atomic E-state index is 12.6. The molecule has 4 rings (SSSR count). The van der Waals surface area contributed by atoms with Gasteiger partial charge in [0.2, 0.25) is 11.7 Å². The van der Waals surface area contributed by atoms with Gasteiger partial charge in [-0.2, -0.15) is 4.98 Å². The second-order valence-corrected chi connectivity index (χ2v) is 6.98. The lowest BCUT2D eigenvalue weighted by atomic mass is 10.1. The summed E-state index contributed by atoms with van der Waals surface area (Å²) in [6.07, 6.45) is 0.306. The topological polar surface area (TPSA) is 96.2 Å². The van der Waals surface area contributed by atoms with E-state index in [0.29, 0.717) is 47.5 Å². The Morgan fingerprint density at radius 1 is 0.968 bits per heavy atom. The van der Waals surface area contributed by atoms with E-state index >= 15 is 0 Å². The molecule has 9 nitrogen and oxygen atoms in total. The molecule has 2 heterocycles. The van der Waals surface area contributed by atoms with Gasteiger partial charge in [0, 0.05) is 30.1 Å². The summed E-state index contributed by atoms with van der Waals surface area (Å²) in [5.41, 5.74) is 1.44. The third kappa shape index (κ3) is 3.86. The second kappa shape index (κ2) is 8.55. The molecule has 1 saturated heterocycles. The van der Waals surface area contributed by atoms with Crippen LogP contribution in [0, 0.1) is 0 Å². The number of hydrogen-bond acceptors (Lipinski definition) is 8. The van der Waals surface area contributed by atoms with Gasteiger partial charge < -0.3 is 28.4 Å². The number of methoxy groups -OCH3 is 4. The predicted molar refractivity (Wildman–Crippen MR) is 112 cm³/mol. The number of carbonyl (C=O) groups is 1. The number of aromatic nitrogens is 2. The molecule has 1 aliphatic rings. The Balaban J connectivity index is 1.57. The summed E-state index contributed by atoms with van der Waals surface area (Å²) >= 11 is 0. The Labute approximate surface area is 179 Å². The zero-order valence-corrected chi connectivity index (χ0v) is 17.7. The van der Waals surface area contributed by atoms with Gasteiger partial charge in [-0.1, -0.05) is 5.16 Å². The van der Waals surface area contributed by atoms with Gasteiger partial charge in [0.1, 0.15) is 5.75 Å². The second-order valence-electron chi connectivity index (χ2n) is 6.98. The number of nitrogens with zero attached hydrogens (tertiary/aromatic N) is 3. The van der Waals surface area contributed by atoms with Crippen molar-refractivity contribution in [1.82, 2.24) is 10.1 Å². The van der Waals surface area contributed by atoms with E-state index in [0.717, 1.165) is 11.4 Å². The Morgan fingerprint density at radius 3 is 2.23 bits per heavy atom. The minimum Gasteiger partial charge on any atom is -0.497 e. The van der Waals surface area contributed by atoms with Crippen LogP contribution in [0.3, 0.4) is 0 Å². The van der Waals surface area contributed by atoms with E-state index in [9.17, 15) is 4.79 Å². The van der Waals surface area contributed by atoms with E-state index in [2.05, 4.69) is 10.1 Å². The number of amides is 1. The van der Waals surface area contributed by atoms with E-state index in [4.69, 9.17) is 23.5 Å². The van der Waals surface area contributed by atoms with E-state index in [1.165, 1.54) is 21.3 Å². The number of hydrogen-bond donors (Lipinski definition) is 0. The van der Waals surface area contributed by atoms with Crippen molar-refractivity contribution >= 4 is 11.6 Å². The van der Waals surface area contributed by atoms with Gasteiger partial charge in [-0.05, 0) is 36.4 Å². The molecule has 0 aliphatic carbocycles. The van der Waals surface area contributed by atoms with Crippen LogP contribution in [0.5, 0.6) is 23.0 Å². The molecule has 0 spiro atoms. The van der Waals surface area contributed by atoms with Gasteiger partial charge in [0.05, 0.1) is 28.4 Å². The van der Waals surface area contributed by atoms with Crippen molar-refractivity contribution in [2.24, 2.45) is 0 Å². The molecule has 31 heavy (non-hydrogen) atoms. The molecule has 1 amide bonds. The summed E-state index contributed by atoms with van der Waals surface area (Å²) in [5, 5.41) is 4.12. The zero-order chi connectivity index (χ0) is 22.0. The minimum absolute atomic E-state index is 0.00861. The highest BCUT2D eigenvalue weighted by Crippen LogP contribution is 2.41. The Kier molecular flexibility index (Phi) is 5.66. The molecule has 3 aromatic rings. The van der Waals surface area contributed by atoms with Crippen molar-refractivity contribution in [3.63, 3.8) is 0 Å². The number of ether oxygens (including phenoxy) is 4. The lowest BCUT2D eigenvalue weighted by Crippen LogP contribution is -2.24. The lowest BCUT2D eigenvalue weighted by molar-refractivity contribution is -0.117. The molecule has 0 unspecified atom stereocenters. The maximum absolute atomic E-state index is 12.6. The van der Waals surface area contributed by atoms with Crippen LogP contribution < -0.4 is 23.8 Å². The SMILES string of the molecule is COc1ccc(N2C[C@H](c3noc(-c4cc(OC)c(OC)c(OC)c4)n3)CC2=O)cc1. The lowest BCUT2D eigenvalue weighted by Gasteiger charge is -2.16. The van der Waals surface area contributed by atoms with Crippen molar-refractivity contribution in [2.75, 3.05) is 39.9 Å². The fourth-order valence-corrected chi connectivity index (χ4v) is 3.61. The van der Waals surface area contributed by atoms with Crippen LogP contribution in [0.25, 0.3) is 11.5 Å². The average molecular weight is 425 g/mol. The highest BCUT2D eigenvalue weighted by atomic mass is 16.5. The summed E-state index contributed by atoms with van der Waals surface area (Å²) in [7, 11) is 6.22. The highest BCUT2D eigenvalue weighted by Gasteiger charge is 2.34. The zero-order valence-electron chi connectivity index (χ0n) is 17.7. The molecule has 2 aromatic carbocycles. The van der Waals surface area contributed by atoms with Crippen LogP contribution in [-0.2, 0) is 4.79 Å². The average Bonchev–Trinajstić information content (AvgIpc) is 3.45. The fraction of sp³-hybridized carbons (Fsp3) is 0.318. The van der Waals surface area contributed by atoms with E-state index in [1.54, 1.807) is 24.1 Å². The van der Waals surface area contributed by atoms with Crippen molar-refractivity contribution in [2.45, 2.75) is 12.3 Å². The van der Waals surface area contributed by atoms with Crippen LogP contribution in [0.2, 0.25) is 0 Å². The minimum atomic E-state index is -0.172.